The number of hydrogen-bond acceptors (Lipinski definition) is 6. The Kier molecular flexibility index (Phi) is 5.33. The lowest BCUT2D eigenvalue weighted by Gasteiger charge is -2.10. The highest BCUT2D eigenvalue weighted by Gasteiger charge is 2.11. The van der Waals surface area contributed by atoms with Crippen LogP contribution < -0.4 is 15.4 Å². The summed E-state index contributed by atoms with van der Waals surface area (Å²) in [6.07, 6.45) is 1.35. The van der Waals surface area contributed by atoms with Crippen molar-refractivity contribution in [2.75, 3.05) is 17.7 Å². The number of halogens is 1. The van der Waals surface area contributed by atoms with Gasteiger partial charge in [0.1, 0.15) is 23.8 Å². The first kappa shape index (κ1) is 18.7. The van der Waals surface area contributed by atoms with Gasteiger partial charge in [-0.25, -0.2) is 27.5 Å². The quantitative estimate of drug-likeness (QED) is 0.600. The number of hydrogen-bond donors (Lipinski definition) is 3. The molecular weight excluding hydrogens is 369 g/mol. The zero-order valence-corrected chi connectivity index (χ0v) is 15.5. The van der Waals surface area contributed by atoms with Gasteiger partial charge in [-0.2, -0.15) is 0 Å². The summed E-state index contributed by atoms with van der Waals surface area (Å²) in [4.78, 5) is 8.36. The molecule has 0 aliphatic carbocycles. The molecule has 27 heavy (non-hydrogen) atoms. The average Bonchev–Trinajstić information content (AvgIpc) is 2.65. The number of sulfonamides is 1. The lowest BCUT2D eigenvalue weighted by molar-refractivity contribution is 0.588. The van der Waals surface area contributed by atoms with E-state index in [0.717, 1.165) is 0 Å². The van der Waals surface area contributed by atoms with Gasteiger partial charge in [0.2, 0.25) is 10.0 Å². The molecule has 0 saturated heterocycles. The molecule has 2 aromatic carbocycles. The molecule has 0 radical (unpaired) electrons. The minimum atomic E-state index is -3.54. The first-order valence-corrected chi connectivity index (χ1v) is 9.51. The van der Waals surface area contributed by atoms with E-state index >= 15 is 0 Å². The van der Waals surface area contributed by atoms with Crippen molar-refractivity contribution in [3.8, 4) is 0 Å². The van der Waals surface area contributed by atoms with Crippen LogP contribution in [0.25, 0.3) is 0 Å². The van der Waals surface area contributed by atoms with Crippen LogP contribution in [0.3, 0.4) is 0 Å². The molecule has 0 unspecified atom stereocenters. The van der Waals surface area contributed by atoms with Crippen molar-refractivity contribution in [2.24, 2.45) is 0 Å². The Morgan fingerprint density at radius 1 is 0.926 bits per heavy atom. The summed E-state index contributed by atoms with van der Waals surface area (Å²) in [5.74, 6) is 0.615. The van der Waals surface area contributed by atoms with Crippen molar-refractivity contribution in [3.05, 3.63) is 66.2 Å². The van der Waals surface area contributed by atoms with E-state index in [1.807, 2.05) is 0 Å². The third-order valence-electron chi connectivity index (χ3n) is 3.80. The Morgan fingerprint density at radius 2 is 1.59 bits per heavy atom. The Bertz CT molecular complexity index is 1070. The summed E-state index contributed by atoms with van der Waals surface area (Å²) >= 11 is 0. The fourth-order valence-corrected chi connectivity index (χ4v) is 3.09. The first-order chi connectivity index (χ1) is 12.9. The van der Waals surface area contributed by atoms with Gasteiger partial charge in [0, 0.05) is 17.4 Å². The zero-order chi connectivity index (χ0) is 19.4. The molecule has 3 aromatic rings. The highest BCUT2D eigenvalue weighted by Crippen LogP contribution is 2.22. The molecule has 1 aromatic heterocycles. The van der Waals surface area contributed by atoms with E-state index in [2.05, 4.69) is 25.3 Å². The molecule has 9 heteroatoms. The van der Waals surface area contributed by atoms with E-state index in [4.69, 9.17) is 0 Å². The van der Waals surface area contributed by atoms with Crippen molar-refractivity contribution in [1.82, 2.24) is 14.7 Å². The van der Waals surface area contributed by atoms with E-state index in [1.165, 1.54) is 31.6 Å². The Morgan fingerprint density at radius 3 is 2.22 bits per heavy atom. The van der Waals surface area contributed by atoms with Crippen molar-refractivity contribution in [1.29, 1.82) is 0 Å². The maximum Gasteiger partial charge on any atom is 0.240 e. The van der Waals surface area contributed by atoms with Gasteiger partial charge in [0.15, 0.2) is 0 Å². The molecule has 0 spiro atoms. The summed E-state index contributed by atoms with van der Waals surface area (Å²) in [6, 6.07) is 12.8. The van der Waals surface area contributed by atoms with Gasteiger partial charge in [-0.1, -0.05) is 12.1 Å². The molecule has 0 amide bonds. The molecule has 0 atom stereocenters. The molecule has 140 valence electrons. The molecule has 3 rings (SSSR count). The number of aromatic nitrogens is 2. The van der Waals surface area contributed by atoms with Crippen LogP contribution in [0.4, 0.5) is 27.4 Å². The van der Waals surface area contributed by atoms with Crippen LogP contribution in [-0.2, 0) is 10.0 Å². The lowest BCUT2D eigenvalue weighted by atomic mass is 10.2. The summed E-state index contributed by atoms with van der Waals surface area (Å²) < 4.78 is 39.8. The lowest BCUT2D eigenvalue weighted by Crippen LogP contribution is -2.18. The maximum absolute atomic E-state index is 13.7. The number of nitrogens with one attached hydrogen (secondary N) is 3. The number of aryl methyl sites for hydroxylation is 1. The molecular formula is C18H18FN5O2S. The highest BCUT2D eigenvalue weighted by molar-refractivity contribution is 7.89. The number of rotatable bonds is 6. The van der Waals surface area contributed by atoms with Crippen LogP contribution in [0.5, 0.6) is 0 Å². The predicted molar refractivity (Wildman–Crippen MR) is 102 cm³/mol. The zero-order valence-electron chi connectivity index (χ0n) is 14.7. The molecule has 0 bridgehead atoms. The van der Waals surface area contributed by atoms with Crippen LogP contribution in [0.1, 0.15) is 5.56 Å². The number of nitrogens with zero attached hydrogens (tertiary/aromatic N) is 2. The summed E-state index contributed by atoms with van der Waals surface area (Å²) in [5.41, 5.74) is 1.67. The van der Waals surface area contributed by atoms with Crippen LogP contribution in [-0.4, -0.2) is 25.4 Å². The monoisotopic (exact) mass is 387 g/mol. The molecule has 0 aliphatic rings. The third-order valence-corrected chi connectivity index (χ3v) is 5.21. The van der Waals surface area contributed by atoms with E-state index < -0.39 is 10.0 Å². The second-order valence-electron chi connectivity index (χ2n) is 5.74. The minimum absolute atomic E-state index is 0.137. The van der Waals surface area contributed by atoms with Gasteiger partial charge in [0.05, 0.1) is 4.90 Å². The number of anilines is 4. The van der Waals surface area contributed by atoms with Crippen molar-refractivity contribution >= 4 is 33.0 Å². The molecule has 7 nitrogen and oxygen atoms in total. The van der Waals surface area contributed by atoms with Crippen molar-refractivity contribution < 1.29 is 12.8 Å². The Hall–Kier alpha value is -3.04. The second kappa shape index (κ2) is 7.68. The van der Waals surface area contributed by atoms with E-state index in [-0.39, 0.29) is 10.7 Å². The summed E-state index contributed by atoms with van der Waals surface area (Å²) in [5, 5.41) is 6.04. The van der Waals surface area contributed by atoms with Crippen LogP contribution in [0.15, 0.2) is 59.8 Å². The van der Waals surface area contributed by atoms with Crippen LogP contribution in [0, 0.1) is 12.7 Å². The van der Waals surface area contributed by atoms with E-state index in [9.17, 15) is 12.8 Å². The molecule has 1 heterocycles. The molecule has 0 aliphatic heterocycles. The van der Waals surface area contributed by atoms with Gasteiger partial charge < -0.3 is 10.6 Å². The van der Waals surface area contributed by atoms with Gasteiger partial charge >= 0.3 is 0 Å². The van der Waals surface area contributed by atoms with E-state index in [0.29, 0.717) is 28.6 Å². The Labute approximate surface area is 156 Å². The van der Waals surface area contributed by atoms with Gasteiger partial charge in [0.25, 0.3) is 0 Å². The largest absolute Gasteiger partial charge is 0.340 e. The fourth-order valence-electron chi connectivity index (χ4n) is 2.32. The predicted octanol–water partition coefficient (Wildman–Crippen LogP) is 3.32. The summed E-state index contributed by atoms with van der Waals surface area (Å²) in [7, 11) is -2.19. The van der Waals surface area contributed by atoms with Crippen molar-refractivity contribution in [2.45, 2.75) is 11.8 Å². The smallest absolute Gasteiger partial charge is 0.240 e. The third kappa shape index (κ3) is 4.57. The molecule has 0 saturated carbocycles. The SMILES string of the molecule is CNS(=O)(=O)c1cccc(Nc2cc(Nc3ccc(C)c(F)c3)ncn2)c1. The highest BCUT2D eigenvalue weighted by atomic mass is 32.2. The van der Waals surface area contributed by atoms with Gasteiger partial charge in [-0.3, -0.25) is 0 Å². The second-order valence-corrected chi connectivity index (χ2v) is 7.62. The average molecular weight is 387 g/mol. The fraction of sp³-hybridized carbons (Fsp3) is 0.111. The number of benzene rings is 2. The first-order valence-electron chi connectivity index (χ1n) is 8.03. The Balaban J connectivity index is 1.80. The van der Waals surface area contributed by atoms with Gasteiger partial charge in [-0.05, 0) is 49.9 Å². The topological polar surface area (TPSA) is 96.0 Å². The minimum Gasteiger partial charge on any atom is -0.340 e. The van der Waals surface area contributed by atoms with Crippen LogP contribution in [0.2, 0.25) is 0 Å². The van der Waals surface area contributed by atoms with E-state index in [1.54, 1.807) is 37.3 Å². The standard InChI is InChI=1S/C18H18FN5O2S/c1-12-6-7-14(9-16(12)19)24-18-10-17(21-11-22-18)23-13-4-3-5-15(8-13)27(25,26)20-2/h3-11,20H,1-2H3,(H2,21,22,23,24). The summed E-state index contributed by atoms with van der Waals surface area (Å²) in [6.45, 7) is 1.69. The maximum atomic E-state index is 13.7. The molecule has 3 N–H and O–H groups in total. The normalized spacial score (nSPS) is 11.2. The molecule has 0 fully saturated rings. The van der Waals surface area contributed by atoms with Crippen molar-refractivity contribution in [3.63, 3.8) is 0 Å². The van der Waals surface area contributed by atoms with Crippen LogP contribution >= 0.6 is 0 Å². The van der Waals surface area contributed by atoms with Gasteiger partial charge in [-0.15, -0.1) is 0 Å².